The van der Waals surface area contributed by atoms with E-state index in [1.165, 1.54) is 24.3 Å². The summed E-state index contributed by atoms with van der Waals surface area (Å²) < 4.78 is 13.0. The van der Waals surface area contributed by atoms with Crippen LogP contribution in [-0.2, 0) is 0 Å². The molecule has 2 N–H and O–H groups in total. The van der Waals surface area contributed by atoms with Crippen LogP contribution in [0.5, 0.6) is 0 Å². The lowest BCUT2D eigenvalue weighted by Crippen LogP contribution is -2.11. The van der Waals surface area contributed by atoms with Gasteiger partial charge in [0, 0.05) is 16.8 Å². The second kappa shape index (κ2) is 6.61. The van der Waals surface area contributed by atoms with Crippen molar-refractivity contribution < 1.29 is 9.18 Å². The normalized spacial score (nSPS) is 10.8. The van der Waals surface area contributed by atoms with Crippen LogP contribution >= 0.6 is 11.6 Å². The van der Waals surface area contributed by atoms with Gasteiger partial charge in [0.1, 0.15) is 11.6 Å². The predicted octanol–water partition coefficient (Wildman–Crippen LogP) is 5.27. The van der Waals surface area contributed by atoms with Crippen molar-refractivity contribution in [3.63, 3.8) is 0 Å². The summed E-state index contributed by atoms with van der Waals surface area (Å²) in [5.74, 6) is -0.0998. The number of carbonyl (C=O) groups excluding carboxylic acids is 1. The Morgan fingerprint density at radius 1 is 1.04 bits per heavy atom. The first-order chi connectivity index (χ1) is 12.6. The van der Waals surface area contributed by atoms with Crippen LogP contribution in [0.4, 0.5) is 10.1 Å². The minimum Gasteiger partial charge on any atom is -0.338 e. The number of carbonyl (C=O) groups is 1. The highest BCUT2D eigenvalue weighted by Crippen LogP contribution is 2.30. The Morgan fingerprint density at radius 2 is 1.81 bits per heavy atom. The number of hydrogen-bond donors (Lipinski definition) is 2. The maximum absolute atomic E-state index is 13.0. The summed E-state index contributed by atoms with van der Waals surface area (Å²) in [4.78, 5) is 20.1. The molecule has 0 unspecified atom stereocenters. The maximum atomic E-state index is 13.0. The summed E-state index contributed by atoms with van der Waals surface area (Å²) in [6.45, 7) is 0. The van der Waals surface area contributed by atoms with E-state index in [1.807, 2.05) is 24.3 Å². The van der Waals surface area contributed by atoms with E-state index in [1.54, 1.807) is 18.2 Å². The SMILES string of the molecule is O=C(Nc1ccc(Cl)c(-c2nc3ccccc3[nH]2)c1)c1ccc(F)cc1. The molecule has 3 aromatic carbocycles. The zero-order valence-corrected chi connectivity index (χ0v) is 14.2. The van der Waals surface area contributed by atoms with Gasteiger partial charge in [-0.2, -0.15) is 0 Å². The summed E-state index contributed by atoms with van der Waals surface area (Å²) >= 11 is 6.31. The fraction of sp³-hybridized carbons (Fsp3) is 0. The van der Waals surface area contributed by atoms with Gasteiger partial charge in [0.05, 0.1) is 16.1 Å². The standard InChI is InChI=1S/C20H13ClFN3O/c21-16-10-9-14(23-20(26)12-5-7-13(22)8-6-12)11-15(16)19-24-17-3-1-2-4-18(17)25-19/h1-11H,(H,23,26)(H,24,25). The Hall–Kier alpha value is -3.18. The van der Waals surface area contributed by atoms with Gasteiger partial charge in [-0.25, -0.2) is 9.37 Å². The van der Waals surface area contributed by atoms with Gasteiger partial charge in [-0.3, -0.25) is 4.79 Å². The molecule has 26 heavy (non-hydrogen) atoms. The van der Waals surface area contributed by atoms with E-state index in [0.717, 1.165) is 11.0 Å². The minimum atomic E-state index is -0.389. The van der Waals surface area contributed by atoms with Gasteiger partial charge in [-0.15, -0.1) is 0 Å². The molecule has 1 aromatic heterocycles. The fourth-order valence-corrected chi connectivity index (χ4v) is 2.88. The molecule has 0 atom stereocenters. The molecule has 4 nitrogen and oxygen atoms in total. The predicted molar refractivity (Wildman–Crippen MR) is 101 cm³/mol. The van der Waals surface area contributed by atoms with Crippen LogP contribution in [0.25, 0.3) is 22.4 Å². The van der Waals surface area contributed by atoms with Gasteiger partial charge in [-0.1, -0.05) is 23.7 Å². The first kappa shape index (κ1) is 16.3. The van der Waals surface area contributed by atoms with Crippen LogP contribution in [0.2, 0.25) is 5.02 Å². The van der Waals surface area contributed by atoms with Crippen molar-refractivity contribution in [2.24, 2.45) is 0 Å². The highest BCUT2D eigenvalue weighted by molar-refractivity contribution is 6.33. The number of nitrogens with one attached hydrogen (secondary N) is 2. The number of nitrogens with zero attached hydrogens (tertiary/aromatic N) is 1. The van der Waals surface area contributed by atoms with Crippen molar-refractivity contribution >= 4 is 34.2 Å². The number of benzene rings is 3. The molecule has 1 amide bonds. The Balaban J connectivity index is 1.65. The van der Waals surface area contributed by atoms with Gasteiger partial charge in [0.15, 0.2) is 0 Å². The third-order valence-electron chi connectivity index (χ3n) is 3.98. The van der Waals surface area contributed by atoms with E-state index < -0.39 is 0 Å². The monoisotopic (exact) mass is 365 g/mol. The van der Waals surface area contributed by atoms with Crippen LogP contribution in [0, 0.1) is 5.82 Å². The number of amides is 1. The van der Waals surface area contributed by atoms with Gasteiger partial charge in [0.25, 0.3) is 5.91 Å². The van der Waals surface area contributed by atoms with Crippen LogP contribution in [0.3, 0.4) is 0 Å². The second-order valence-corrected chi connectivity index (χ2v) is 6.17. The van der Waals surface area contributed by atoms with Crippen molar-refractivity contribution in [2.75, 3.05) is 5.32 Å². The Bertz CT molecular complexity index is 1070. The topological polar surface area (TPSA) is 57.8 Å². The lowest BCUT2D eigenvalue weighted by atomic mass is 10.1. The molecule has 0 aliphatic rings. The van der Waals surface area contributed by atoms with E-state index >= 15 is 0 Å². The summed E-state index contributed by atoms with van der Waals surface area (Å²) in [5.41, 5.74) is 3.35. The molecule has 0 saturated carbocycles. The zero-order chi connectivity index (χ0) is 18.1. The molecule has 0 spiro atoms. The number of aromatic nitrogens is 2. The molecule has 0 aliphatic heterocycles. The average Bonchev–Trinajstić information content (AvgIpc) is 3.07. The van der Waals surface area contributed by atoms with Crippen molar-refractivity contribution in [3.8, 4) is 11.4 Å². The summed E-state index contributed by atoms with van der Waals surface area (Å²) in [7, 11) is 0. The molecule has 4 aromatic rings. The molecule has 6 heteroatoms. The van der Waals surface area contributed by atoms with E-state index in [-0.39, 0.29) is 11.7 Å². The Kier molecular flexibility index (Phi) is 4.14. The molecule has 0 fully saturated rings. The van der Waals surface area contributed by atoms with E-state index in [4.69, 9.17) is 11.6 Å². The highest BCUT2D eigenvalue weighted by atomic mass is 35.5. The second-order valence-electron chi connectivity index (χ2n) is 5.76. The number of rotatable bonds is 3. The zero-order valence-electron chi connectivity index (χ0n) is 13.5. The van der Waals surface area contributed by atoms with Gasteiger partial charge in [-0.05, 0) is 54.6 Å². The van der Waals surface area contributed by atoms with Crippen LogP contribution < -0.4 is 5.32 Å². The van der Waals surface area contributed by atoms with Crippen molar-refractivity contribution in [1.82, 2.24) is 9.97 Å². The molecule has 0 saturated heterocycles. The molecule has 1 heterocycles. The summed E-state index contributed by atoms with van der Waals surface area (Å²) in [6, 6.07) is 18.2. The highest BCUT2D eigenvalue weighted by Gasteiger charge is 2.12. The third-order valence-corrected chi connectivity index (χ3v) is 4.30. The number of fused-ring (bicyclic) bond motifs is 1. The fourth-order valence-electron chi connectivity index (χ4n) is 2.67. The largest absolute Gasteiger partial charge is 0.338 e. The molecule has 0 aliphatic carbocycles. The summed E-state index contributed by atoms with van der Waals surface area (Å²) in [5, 5.41) is 3.30. The maximum Gasteiger partial charge on any atom is 0.255 e. The number of anilines is 1. The van der Waals surface area contributed by atoms with Crippen LogP contribution in [-0.4, -0.2) is 15.9 Å². The number of hydrogen-bond acceptors (Lipinski definition) is 2. The number of halogens is 2. The average molecular weight is 366 g/mol. The molecular weight excluding hydrogens is 353 g/mol. The number of H-pyrrole nitrogens is 1. The molecule has 0 bridgehead atoms. The van der Waals surface area contributed by atoms with Crippen LogP contribution in [0.1, 0.15) is 10.4 Å². The lowest BCUT2D eigenvalue weighted by molar-refractivity contribution is 0.102. The molecule has 128 valence electrons. The number of imidazole rings is 1. The number of para-hydroxylation sites is 2. The van der Waals surface area contributed by atoms with E-state index in [9.17, 15) is 9.18 Å². The first-order valence-corrected chi connectivity index (χ1v) is 8.29. The molecular formula is C20H13ClFN3O. The van der Waals surface area contributed by atoms with Crippen molar-refractivity contribution in [1.29, 1.82) is 0 Å². The third kappa shape index (κ3) is 3.17. The number of aromatic amines is 1. The smallest absolute Gasteiger partial charge is 0.255 e. The van der Waals surface area contributed by atoms with Crippen molar-refractivity contribution in [3.05, 3.63) is 83.1 Å². The van der Waals surface area contributed by atoms with Gasteiger partial charge >= 0.3 is 0 Å². The molecule has 4 rings (SSSR count). The van der Waals surface area contributed by atoms with E-state index in [0.29, 0.717) is 27.7 Å². The summed E-state index contributed by atoms with van der Waals surface area (Å²) in [6.07, 6.45) is 0. The Morgan fingerprint density at radius 3 is 2.58 bits per heavy atom. The van der Waals surface area contributed by atoms with Gasteiger partial charge < -0.3 is 10.3 Å². The van der Waals surface area contributed by atoms with Gasteiger partial charge in [0.2, 0.25) is 0 Å². The quantitative estimate of drug-likeness (QED) is 0.519. The van der Waals surface area contributed by atoms with E-state index in [2.05, 4.69) is 15.3 Å². The molecule has 0 radical (unpaired) electrons. The minimum absolute atomic E-state index is 0.331. The van der Waals surface area contributed by atoms with Crippen molar-refractivity contribution in [2.45, 2.75) is 0 Å². The lowest BCUT2D eigenvalue weighted by Gasteiger charge is -2.08. The Labute approximate surface area is 153 Å². The van der Waals surface area contributed by atoms with Crippen LogP contribution in [0.15, 0.2) is 66.7 Å². The first-order valence-electron chi connectivity index (χ1n) is 7.92.